The molecule has 21 heavy (non-hydrogen) atoms. The molecule has 2 unspecified atom stereocenters. The molecule has 0 amide bonds. The van der Waals surface area contributed by atoms with Gasteiger partial charge >= 0.3 is 0 Å². The summed E-state index contributed by atoms with van der Waals surface area (Å²) in [7, 11) is 0. The van der Waals surface area contributed by atoms with Gasteiger partial charge in [-0.3, -0.25) is 0 Å². The van der Waals surface area contributed by atoms with Crippen LogP contribution in [0.25, 0.3) is 11.0 Å². The van der Waals surface area contributed by atoms with Crippen molar-refractivity contribution in [1.29, 1.82) is 0 Å². The lowest BCUT2D eigenvalue weighted by Crippen LogP contribution is -2.32. The summed E-state index contributed by atoms with van der Waals surface area (Å²) in [5.74, 6) is 0.981. The predicted molar refractivity (Wildman–Crippen MR) is 90.2 cm³/mol. The number of thiophene rings is 1. The van der Waals surface area contributed by atoms with Gasteiger partial charge in [-0.25, -0.2) is 4.98 Å². The second kappa shape index (κ2) is 5.79. The van der Waals surface area contributed by atoms with E-state index in [-0.39, 0.29) is 12.1 Å². The number of aromatic nitrogens is 2. The number of aryl methyl sites for hydroxylation is 1. The van der Waals surface area contributed by atoms with E-state index in [1.54, 1.807) is 11.3 Å². The number of benzene rings is 1. The Balaban J connectivity index is 2.21. The Bertz CT molecular complexity index is 762. The first-order valence-electron chi connectivity index (χ1n) is 7.06. The highest BCUT2D eigenvalue weighted by atomic mass is 35.5. The van der Waals surface area contributed by atoms with Crippen LogP contribution in [0.15, 0.2) is 36.4 Å². The molecule has 0 aliphatic rings. The lowest BCUT2D eigenvalue weighted by atomic mass is 10.0. The van der Waals surface area contributed by atoms with Crippen LogP contribution >= 0.6 is 22.9 Å². The fraction of sp³-hybridized carbons (Fsp3) is 0.312. The number of hydrogen-bond acceptors (Lipinski definition) is 3. The van der Waals surface area contributed by atoms with Crippen LogP contribution in [0, 0.1) is 6.92 Å². The van der Waals surface area contributed by atoms with E-state index in [1.165, 1.54) is 4.88 Å². The van der Waals surface area contributed by atoms with E-state index in [2.05, 4.69) is 28.6 Å². The summed E-state index contributed by atoms with van der Waals surface area (Å²) in [6.45, 7) is 4.14. The molecule has 0 spiro atoms. The lowest BCUT2D eigenvalue weighted by Gasteiger charge is -2.25. The van der Waals surface area contributed by atoms with Crippen LogP contribution in [0.2, 0.25) is 4.34 Å². The van der Waals surface area contributed by atoms with Crippen molar-refractivity contribution in [3.8, 4) is 0 Å². The molecule has 3 aromatic rings. The predicted octanol–water partition coefficient (Wildman–Crippen LogP) is 4.39. The molecular weight excluding hydrogens is 302 g/mol. The highest BCUT2D eigenvalue weighted by molar-refractivity contribution is 7.16. The van der Waals surface area contributed by atoms with Gasteiger partial charge in [0.05, 0.1) is 21.4 Å². The second-order valence-corrected chi connectivity index (χ2v) is 6.92. The summed E-state index contributed by atoms with van der Waals surface area (Å²) in [6.07, 6.45) is 0.895. The van der Waals surface area contributed by atoms with E-state index in [0.717, 1.165) is 27.6 Å². The zero-order chi connectivity index (χ0) is 15.0. The number of para-hydroxylation sites is 2. The van der Waals surface area contributed by atoms with Gasteiger partial charge in [0.1, 0.15) is 5.82 Å². The molecule has 0 fully saturated rings. The average molecular weight is 320 g/mol. The summed E-state index contributed by atoms with van der Waals surface area (Å²) >= 11 is 7.72. The molecule has 1 aromatic carbocycles. The molecule has 3 rings (SSSR count). The number of rotatable bonds is 4. The van der Waals surface area contributed by atoms with Gasteiger partial charge in [0.2, 0.25) is 0 Å². The van der Waals surface area contributed by atoms with Crippen molar-refractivity contribution in [2.45, 2.75) is 32.4 Å². The Hall–Kier alpha value is -1.36. The fourth-order valence-electron chi connectivity index (χ4n) is 2.76. The van der Waals surface area contributed by atoms with Gasteiger partial charge in [-0.15, -0.1) is 11.3 Å². The zero-order valence-corrected chi connectivity index (χ0v) is 13.7. The van der Waals surface area contributed by atoms with Crippen LogP contribution in [-0.2, 0) is 0 Å². The summed E-state index contributed by atoms with van der Waals surface area (Å²) in [5.41, 5.74) is 8.55. The van der Waals surface area contributed by atoms with Crippen molar-refractivity contribution in [3.63, 3.8) is 0 Å². The quantitative estimate of drug-likeness (QED) is 0.775. The molecular formula is C16H18ClN3S. The van der Waals surface area contributed by atoms with E-state index in [9.17, 15) is 0 Å². The molecule has 0 aliphatic heterocycles. The minimum Gasteiger partial charge on any atom is -0.326 e. The second-order valence-electron chi connectivity index (χ2n) is 5.18. The first kappa shape index (κ1) is 14.6. The monoisotopic (exact) mass is 319 g/mol. The highest BCUT2D eigenvalue weighted by Crippen LogP contribution is 2.34. The van der Waals surface area contributed by atoms with Crippen LogP contribution in [-0.4, -0.2) is 15.6 Å². The first-order valence-corrected chi connectivity index (χ1v) is 8.25. The molecule has 0 bridgehead atoms. The number of nitrogens with two attached hydrogens (primary N) is 1. The Labute approximate surface area is 133 Å². The van der Waals surface area contributed by atoms with Crippen molar-refractivity contribution in [2.24, 2.45) is 5.73 Å². The molecule has 0 saturated carbocycles. The summed E-state index contributed by atoms with van der Waals surface area (Å²) in [6, 6.07) is 12.3. The first-order chi connectivity index (χ1) is 10.1. The number of halogens is 1. The Morgan fingerprint density at radius 1 is 1.29 bits per heavy atom. The molecule has 0 radical (unpaired) electrons. The van der Waals surface area contributed by atoms with Crippen molar-refractivity contribution in [2.75, 3.05) is 0 Å². The minimum absolute atomic E-state index is 0.0241. The van der Waals surface area contributed by atoms with Gasteiger partial charge in [-0.2, -0.15) is 0 Å². The number of fused-ring (bicyclic) bond motifs is 1. The molecule has 5 heteroatoms. The normalized spacial score (nSPS) is 14.5. The van der Waals surface area contributed by atoms with Gasteiger partial charge in [0, 0.05) is 10.9 Å². The van der Waals surface area contributed by atoms with Crippen molar-refractivity contribution in [1.82, 2.24) is 9.55 Å². The third-order valence-corrected chi connectivity index (χ3v) is 5.11. The van der Waals surface area contributed by atoms with Crippen LogP contribution in [0.3, 0.4) is 0 Å². The van der Waals surface area contributed by atoms with Gasteiger partial charge in [-0.1, -0.05) is 30.7 Å². The lowest BCUT2D eigenvalue weighted by molar-refractivity contribution is 0.466. The molecule has 2 N–H and O–H groups in total. The number of hydrogen-bond donors (Lipinski definition) is 1. The summed E-state index contributed by atoms with van der Waals surface area (Å²) < 4.78 is 3.03. The third kappa shape index (κ3) is 2.59. The van der Waals surface area contributed by atoms with E-state index in [1.807, 2.05) is 31.2 Å². The van der Waals surface area contributed by atoms with E-state index >= 15 is 0 Å². The van der Waals surface area contributed by atoms with Gasteiger partial charge in [-0.05, 0) is 37.6 Å². The zero-order valence-electron chi connectivity index (χ0n) is 12.1. The van der Waals surface area contributed by atoms with E-state index in [4.69, 9.17) is 17.3 Å². The molecule has 0 aliphatic carbocycles. The molecule has 2 heterocycles. The third-order valence-electron chi connectivity index (χ3n) is 3.81. The largest absolute Gasteiger partial charge is 0.326 e. The van der Waals surface area contributed by atoms with Gasteiger partial charge < -0.3 is 10.3 Å². The Morgan fingerprint density at radius 2 is 2.05 bits per heavy atom. The standard InChI is InChI=1S/C16H18ClN3S/c1-3-11(18)16(14-8-9-15(17)21-14)20-10(2)19-12-6-4-5-7-13(12)20/h4-9,11,16H,3,18H2,1-2H3. The molecule has 2 atom stereocenters. The van der Waals surface area contributed by atoms with Crippen LogP contribution in [0.1, 0.15) is 30.1 Å². The molecule has 3 nitrogen and oxygen atoms in total. The smallest absolute Gasteiger partial charge is 0.107 e. The van der Waals surface area contributed by atoms with E-state index < -0.39 is 0 Å². The van der Waals surface area contributed by atoms with Crippen LogP contribution in [0.5, 0.6) is 0 Å². The van der Waals surface area contributed by atoms with Gasteiger partial charge in [0.15, 0.2) is 0 Å². The number of imidazole rings is 1. The highest BCUT2D eigenvalue weighted by Gasteiger charge is 2.25. The maximum atomic E-state index is 6.42. The maximum absolute atomic E-state index is 6.42. The van der Waals surface area contributed by atoms with Gasteiger partial charge in [0.25, 0.3) is 0 Å². The van der Waals surface area contributed by atoms with Crippen LogP contribution in [0.4, 0.5) is 0 Å². The van der Waals surface area contributed by atoms with E-state index in [0.29, 0.717) is 0 Å². The summed E-state index contributed by atoms with van der Waals surface area (Å²) in [4.78, 5) is 5.84. The van der Waals surface area contributed by atoms with Crippen molar-refractivity contribution < 1.29 is 0 Å². The maximum Gasteiger partial charge on any atom is 0.107 e. The molecule has 2 aromatic heterocycles. The number of nitrogens with zero attached hydrogens (tertiary/aromatic N) is 2. The SMILES string of the molecule is CCC(N)C(c1ccc(Cl)s1)n1c(C)nc2ccccc21. The van der Waals surface area contributed by atoms with Crippen molar-refractivity contribution >= 4 is 34.0 Å². The van der Waals surface area contributed by atoms with Crippen molar-refractivity contribution in [3.05, 3.63) is 51.4 Å². The Morgan fingerprint density at radius 3 is 2.71 bits per heavy atom. The Kier molecular flexibility index (Phi) is 4.02. The topological polar surface area (TPSA) is 43.8 Å². The average Bonchev–Trinajstić information content (AvgIpc) is 3.04. The fourth-order valence-corrected chi connectivity index (χ4v) is 3.98. The minimum atomic E-state index is 0.0241. The molecule has 0 saturated heterocycles. The summed E-state index contributed by atoms with van der Waals surface area (Å²) in [5, 5.41) is 0. The molecule has 110 valence electrons. The van der Waals surface area contributed by atoms with Crippen LogP contribution < -0.4 is 5.73 Å².